The van der Waals surface area contributed by atoms with Crippen LogP contribution in [0.1, 0.15) is 19.8 Å². The fourth-order valence-corrected chi connectivity index (χ4v) is 5.79. The second kappa shape index (κ2) is 6.37. The lowest BCUT2D eigenvalue weighted by Crippen LogP contribution is -2.59. The van der Waals surface area contributed by atoms with Crippen molar-refractivity contribution in [3.05, 3.63) is 22.2 Å². The summed E-state index contributed by atoms with van der Waals surface area (Å²) in [6.07, 6.45) is 1.70. The quantitative estimate of drug-likeness (QED) is 0.791. The van der Waals surface area contributed by atoms with Crippen molar-refractivity contribution in [2.45, 2.75) is 36.7 Å². The number of hydrogen-bond acceptors (Lipinski definition) is 4. The molecule has 0 aromatic heterocycles. The van der Waals surface area contributed by atoms with Gasteiger partial charge in [0.25, 0.3) is 0 Å². The van der Waals surface area contributed by atoms with Gasteiger partial charge in [-0.3, -0.25) is 4.79 Å². The van der Waals surface area contributed by atoms with Crippen LogP contribution in [0.25, 0.3) is 0 Å². The van der Waals surface area contributed by atoms with Crippen LogP contribution in [0.4, 0.5) is 0 Å². The second-order valence-corrected chi connectivity index (χ2v) is 8.67. The molecule has 2 saturated heterocycles. The van der Waals surface area contributed by atoms with Gasteiger partial charge in [-0.05, 0) is 25.8 Å². The molecular formula is C15H18Cl2N2O4S. The number of nitrogens with zero attached hydrogens (tertiary/aromatic N) is 2. The first kappa shape index (κ1) is 17.8. The largest absolute Gasteiger partial charge is 0.495 e. The summed E-state index contributed by atoms with van der Waals surface area (Å²) >= 11 is 12.2. The number of rotatable bonds is 3. The molecule has 2 aliphatic heterocycles. The van der Waals surface area contributed by atoms with E-state index >= 15 is 0 Å². The van der Waals surface area contributed by atoms with Crippen molar-refractivity contribution in [2.24, 2.45) is 0 Å². The lowest BCUT2D eigenvalue weighted by atomic mass is 10.1. The van der Waals surface area contributed by atoms with Crippen LogP contribution in [0.3, 0.4) is 0 Å². The zero-order valence-corrected chi connectivity index (χ0v) is 15.7. The lowest BCUT2D eigenvalue weighted by molar-refractivity contribution is -0.139. The zero-order valence-electron chi connectivity index (χ0n) is 13.3. The highest BCUT2D eigenvalue weighted by Crippen LogP contribution is 2.37. The standard InChI is InChI=1S/C15H18Cl2N2O4S/c1-9-15(20)18-5-3-4-10(18)8-19(9)24(21,22)14-7-11(16)13(23-2)6-12(14)17/h6-7,9-10H,3-5,8H2,1-2H3/t9-,10+/m1/s1. The summed E-state index contributed by atoms with van der Waals surface area (Å²) < 4.78 is 32.4. The van der Waals surface area contributed by atoms with E-state index in [2.05, 4.69) is 0 Å². The third kappa shape index (κ3) is 2.77. The van der Waals surface area contributed by atoms with E-state index in [1.165, 1.54) is 23.5 Å². The van der Waals surface area contributed by atoms with Gasteiger partial charge in [-0.25, -0.2) is 8.42 Å². The number of carbonyl (C=O) groups excluding carboxylic acids is 1. The summed E-state index contributed by atoms with van der Waals surface area (Å²) in [5.74, 6) is 0.133. The lowest BCUT2D eigenvalue weighted by Gasteiger charge is -2.40. The molecular weight excluding hydrogens is 375 g/mol. The number of halogens is 2. The van der Waals surface area contributed by atoms with Crippen molar-refractivity contribution in [2.75, 3.05) is 20.2 Å². The van der Waals surface area contributed by atoms with Crippen molar-refractivity contribution in [1.29, 1.82) is 0 Å². The van der Waals surface area contributed by atoms with Crippen molar-refractivity contribution in [3.63, 3.8) is 0 Å². The highest BCUT2D eigenvalue weighted by molar-refractivity contribution is 7.89. The molecule has 0 radical (unpaired) electrons. The van der Waals surface area contributed by atoms with E-state index in [1.54, 1.807) is 11.8 Å². The minimum Gasteiger partial charge on any atom is -0.495 e. The molecule has 24 heavy (non-hydrogen) atoms. The molecule has 2 heterocycles. The van der Waals surface area contributed by atoms with E-state index in [0.29, 0.717) is 12.3 Å². The Morgan fingerprint density at radius 2 is 1.96 bits per heavy atom. The summed E-state index contributed by atoms with van der Waals surface area (Å²) in [6.45, 7) is 2.57. The van der Waals surface area contributed by atoms with Gasteiger partial charge in [0.2, 0.25) is 15.9 Å². The van der Waals surface area contributed by atoms with Crippen molar-refractivity contribution in [1.82, 2.24) is 9.21 Å². The Balaban J connectivity index is 2.01. The molecule has 132 valence electrons. The van der Waals surface area contributed by atoms with Gasteiger partial charge in [0, 0.05) is 25.2 Å². The highest BCUT2D eigenvalue weighted by Gasteiger charge is 2.45. The Morgan fingerprint density at radius 1 is 1.25 bits per heavy atom. The number of sulfonamides is 1. The van der Waals surface area contributed by atoms with Crippen LogP contribution in [0.2, 0.25) is 10.0 Å². The van der Waals surface area contributed by atoms with E-state index in [0.717, 1.165) is 12.8 Å². The Morgan fingerprint density at radius 3 is 2.62 bits per heavy atom. The van der Waals surface area contributed by atoms with Crippen molar-refractivity contribution < 1.29 is 17.9 Å². The topological polar surface area (TPSA) is 66.9 Å². The maximum Gasteiger partial charge on any atom is 0.245 e. The first-order valence-electron chi connectivity index (χ1n) is 7.62. The molecule has 6 nitrogen and oxygen atoms in total. The van der Waals surface area contributed by atoms with Crippen LogP contribution in [0, 0.1) is 0 Å². The van der Waals surface area contributed by atoms with Crippen molar-refractivity contribution >= 4 is 39.1 Å². The van der Waals surface area contributed by atoms with Gasteiger partial charge in [0.05, 0.1) is 17.2 Å². The molecule has 2 fully saturated rings. The van der Waals surface area contributed by atoms with Crippen LogP contribution >= 0.6 is 23.2 Å². The zero-order chi connectivity index (χ0) is 17.6. The molecule has 9 heteroatoms. The molecule has 3 rings (SSSR count). The minimum absolute atomic E-state index is 0.0183. The van der Waals surface area contributed by atoms with Gasteiger partial charge < -0.3 is 9.64 Å². The number of carbonyl (C=O) groups is 1. The van der Waals surface area contributed by atoms with Crippen LogP contribution < -0.4 is 4.74 Å². The van der Waals surface area contributed by atoms with Crippen LogP contribution in [-0.4, -0.2) is 55.8 Å². The first-order valence-corrected chi connectivity index (χ1v) is 9.82. The fraction of sp³-hybridized carbons (Fsp3) is 0.533. The third-order valence-corrected chi connectivity index (χ3v) is 7.33. The van der Waals surface area contributed by atoms with E-state index < -0.39 is 16.1 Å². The molecule has 1 amide bonds. The molecule has 1 aromatic rings. The van der Waals surface area contributed by atoms with Crippen LogP contribution in [0.15, 0.2) is 17.0 Å². The maximum atomic E-state index is 13.1. The predicted octanol–water partition coefficient (Wildman–Crippen LogP) is 2.39. The Bertz CT molecular complexity index is 784. The average Bonchev–Trinajstić information content (AvgIpc) is 3.01. The number of benzene rings is 1. The third-order valence-electron chi connectivity index (χ3n) is 4.63. The smallest absolute Gasteiger partial charge is 0.245 e. The van der Waals surface area contributed by atoms with Crippen LogP contribution in [0.5, 0.6) is 5.75 Å². The minimum atomic E-state index is -3.95. The SMILES string of the molecule is COc1cc(Cl)c(S(=O)(=O)N2C[C@@H]3CCCN3C(=O)[C@H]2C)cc1Cl. The monoisotopic (exact) mass is 392 g/mol. The molecule has 0 aliphatic carbocycles. The normalized spacial score (nSPS) is 25.0. The van der Waals surface area contributed by atoms with Gasteiger partial charge in [-0.2, -0.15) is 4.31 Å². The Labute approximate surface area is 151 Å². The number of amides is 1. The second-order valence-electron chi connectivity index (χ2n) is 6.00. The number of hydrogen-bond donors (Lipinski definition) is 0. The number of ether oxygens (including phenoxy) is 1. The molecule has 0 unspecified atom stereocenters. The summed E-state index contributed by atoms with van der Waals surface area (Å²) in [7, 11) is -2.52. The molecule has 1 aromatic carbocycles. The van der Waals surface area contributed by atoms with E-state index in [1.807, 2.05) is 0 Å². The van der Waals surface area contributed by atoms with Gasteiger partial charge in [0.15, 0.2) is 0 Å². The molecule has 0 bridgehead atoms. The Kier molecular flexibility index (Phi) is 4.72. The summed E-state index contributed by atoms with van der Waals surface area (Å²) in [6, 6.07) is 1.81. The molecule has 0 saturated carbocycles. The first-order chi connectivity index (χ1) is 11.3. The van der Waals surface area contributed by atoms with Gasteiger partial charge in [-0.1, -0.05) is 23.2 Å². The number of piperazine rings is 1. The Hall–Kier alpha value is -1.02. The number of methoxy groups -OCH3 is 1. The molecule has 0 spiro atoms. The van der Waals surface area contributed by atoms with Gasteiger partial charge in [-0.15, -0.1) is 0 Å². The van der Waals surface area contributed by atoms with Crippen LogP contribution in [-0.2, 0) is 14.8 Å². The molecule has 0 N–H and O–H groups in total. The highest BCUT2D eigenvalue weighted by atomic mass is 35.5. The van der Waals surface area contributed by atoms with E-state index in [9.17, 15) is 13.2 Å². The summed E-state index contributed by atoms with van der Waals surface area (Å²) in [5, 5.41) is 0.170. The summed E-state index contributed by atoms with van der Waals surface area (Å²) in [4.78, 5) is 14.2. The predicted molar refractivity (Wildman–Crippen MR) is 91.1 cm³/mol. The van der Waals surface area contributed by atoms with E-state index in [-0.39, 0.29) is 33.4 Å². The van der Waals surface area contributed by atoms with Gasteiger partial charge in [0.1, 0.15) is 16.7 Å². The number of fused-ring (bicyclic) bond motifs is 1. The fourth-order valence-electron chi connectivity index (χ4n) is 3.34. The average molecular weight is 393 g/mol. The van der Waals surface area contributed by atoms with E-state index in [4.69, 9.17) is 27.9 Å². The maximum absolute atomic E-state index is 13.1. The van der Waals surface area contributed by atoms with Crippen molar-refractivity contribution in [3.8, 4) is 5.75 Å². The molecule has 2 aliphatic rings. The molecule has 2 atom stereocenters. The summed E-state index contributed by atoms with van der Waals surface area (Å²) in [5.41, 5.74) is 0. The van der Waals surface area contributed by atoms with Gasteiger partial charge >= 0.3 is 0 Å².